The number of anilines is 1. The lowest BCUT2D eigenvalue weighted by Crippen LogP contribution is -2.16. The number of aromatic amines is 1. The SMILES string of the molecule is CC(CCCl)CNc1ccc2n[nH]c(=O)n2n1. The van der Waals surface area contributed by atoms with Crippen LogP contribution in [0.3, 0.4) is 0 Å². The van der Waals surface area contributed by atoms with Crippen molar-refractivity contribution in [3.8, 4) is 0 Å². The van der Waals surface area contributed by atoms with Gasteiger partial charge in [-0.15, -0.1) is 16.7 Å². The van der Waals surface area contributed by atoms with E-state index in [4.69, 9.17) is 11.6 Å². The summed E-state index contributed by atoms with van der Waals surface area (Å²) in [6, 6.07) is 3.53. The molecule has 92 valence electrons. The van der Waals surface area contributed by atoms with Crippen molar-refractivity contribution >= 4 is 23.1 Å². The zero-order valence-corrected chi connectivity index (χ0v) is 10.2. The van der Waals surface area contributed by atoms with Crippen molar-refractivity contribution in [2.45, 2.75) is 13.3 Å². The number of aromatic nitrogens is 4. The summed E-state index contributed by atoms with van der Waals surface area (Å²) < 4.78 is 1.23. The summed E-state index contributed by atoms with van der Waals surface area (Å²) in [5, 5.41) is 13.4. The Bertz CT molecular complexity index is 549. The van der Waals surface area contributed by atoms with Crippen LogP contribution >= 0.6 is 11.6 Å². The number of rotatable bonds is 5. The quantitative estimate of drug-likeness (QED) is 0.785. The van der Waals surface area contributed by atoms with Gasteiger partial charge >= 0.3 is 5.69 Å². The lowest BCUT2D eigenvalue weighted by atomic mass is 10.1. The highest BCUT2D eigenvalue weighted by Crippen LogP contribution is 2.07. The van der Waals surface area contributed by atoms with Crippen molar-refractivity contribution in [3.63, 3.8) is 0 Å². The summed E-state index contributed by atoms with van der Waals surface area (Å²) in [5.74, 6) is 1.77. The molecule has 2 rings (SSSR count). The lowest BCUT2D eigenvalue weighted by molar-refractivity contribution is 0.595. The molecule has 0 radical (unpaired) electrons. The monoisotopic (exact) mass is 255 g/mol. The number of nitrogens with one attached hydrogen (secondary N) is 2. The third-order valence-corrected chi connectivity index (χ3v) is 2.73. The van der Waals surface area contributed by atoms with Gasteiger partial charge in [-0.3, -0.25) is 0 Å². The first-order chi connectivity index (χ1) is 8.20. The van der Waals surface area contributed by atoms with Crippen LogP contribution in [0.15, 0.2) is 16.9 Å². The minimum absolute atomic E-state index is 0.336. The maximum Gasteiger partial charge on any atom is 0.364 e. The second kappa shape index (κ2) is 5.18. The molecule has 0 aliphatic heterocycles. The van der Waals surface area contributed by atoms with Gasteiger partial charge in [0.2, 0.25) is 0 Å². The number of alkyl halides is 1. The van der Waals surface area contributed by atoms with Crippen molar-refractivity contribution in [3.05, 3.63) is 22.6 Å². The smallest absolute Gasteiger partial charge is 0.364 e. The normalized spacial score (nSPS) is 12.8. The Morgan fingerprint density at radius 1 is 1.59 bits per heavy atom. The van der Waals surface area contributed by atoms with E-state index in [0.29, 0.717) is 23.3 Å². The molecule has 0 aliphatic rings. The second-order valence-electron chi connectivity index (χ2n) is 3.98. The molecule has 0 aromatic carbocycles. The molecule has 0 fully saturated rings. The fourth-order valence-electron chi connectivity index (χ4n) is 1.46. The first-order valence-electron chi connectivity index (χ1n) is 5.45. The maximum absolute atomic E-state index is 11.3. The van der Waals surface area contributed by atoms with E-state index in [0.717, 1.165) is 13.0 Å². The third kappa shape index (κ3) is 2.76. The topological polar surface area (TPSA) is 75.1 Å². The Labute approximate surface area is 103 Å². The summed E-state index contributed by atoms with van der Waals surface area (Å²) in [7, 11) is 0. The van der Waals surface area contributed by atoms with Crippen LogP contribution in [0.2, 0.25) is 0 Å². The van der Waals surface area contributed by atoms with Crippen LogP contribution < -0.4 is 11.0 Å². The van der Waals surface area contributed by atoms with Crippen LogP contribution in [-0.4, -0.2) is 32.2 Å². The van der Waals surface area contributed by atoms with Crippen LogP contribution in [0, 0.1) is 5.92 Å². The third-order valence-electron chi connectivity index (χ3n) is 2.51. The highest BCUT2D eigenvalue weighted by molar-refractivity contribution is 6.17. The standard InChI is InChI=1S/C10H14ClN5O/c1-7(4-5-11)6-12-8-2-3-9-13-14-10(17)16(9)15-8/h2-3,7H,4-6H2,1H3,(H,12,15)(H,14,17). The Hall–Kier alpha value is -1.56. The van der Waals surface area contributed by atoms with E-state index >= 15 is 0 Å². The highest BCUT2D eigenvalue weighted by atomic mass is 35.5. The fourth-order valence-corrected chi connectivity index (χ4v) is 1.84. The van der Waals surface area contributed by atoms with Crippen molar-refractivity contribution in [2.75, 3.05) is 17.7 Å². The average Bonchev–Trinajstić information content (AvgIpc) is 2.69. The first-order valence-corrected chi connectivity index (χ1v) is 5.98. The molecule has 2 aromatic rings. The summed E-state index contributed by atoms with van der Waals surface area (Å²) in [6.45, 7) is 2.88. The first kappa shape index (κ1) is 11.9. The molecule has 2 aromatic heterocycles. The van der Waals surface area contributed by atoms with E-state index in [1.807, 2.05) is 0 Å². The van der Waals surface area contributed by atoms with Crippen LogP contribution in [0.1, 0.15) is 13.3 Å². The van der Waals surface area contributed by atoms with Crippen molar-refractivity contribution < 1.29 is 0 Å². The number of hydrogen-bond acceptors (Lipinski definition) is 4. The lowest BCUT2D eigenvalue weighted by Gasteiger charge is -2.10. The Morgan fingerprint density at radius 2 is 2.41 bits per heavy atom. The predicted molar refractivity (Wildman–Crippen MR) is 66.6 cm³/mol. The van der Waals surface area contributed by atoms with Crippen molar-refractivity contribution in [1.29, 1.82) is 0 Å². The van der Waals surface area contributed by atoms with Gasteiger partial charge in [-0.1, -0.05) is 6.92 Å². The number of H-pyrrole nitrogens is 1. The largest absolute Gasteiger partial charge is 0.368 e. The zero-order chi connectivity index (χ0) is 12.3. The fraction of sp³-hybridized carbons (Fsp3) is 0.500. The van der Waals surface area contributed by atoms with Gasteiger partial charge < -0.3 is 5.32 Å². The summed E-state index contributed by atoms with van der Waals surface area (Å²) in [5.41, 5.74) is 0.173. The molecular weight excluding hydrogens is 242 g/mol. The van der Waals surface area contributed by atoms with E-state index in [-0.39, 0.29) is 5.69 Å². The number of nitrogens with zero attached hydrogens (tertiary/aromatic N) is 3. The van der Waals surface area contributed by atoms with Crippen LogP contribution in [0.5, 0.6) is 0 Å². The molecule has 0 bridgehead atoms. The maximum atomic E-state index is 11.3. The van der Waals surface area contributed by atoms with Crippen molar-refractivity contribution in [2.24, 2.45) is 5.92 Å². The van der Waals surface area contributed by atoms with Crippen LogP contribution in [0.4, 0.5) is 5.82 Å². The molecule has 2 heterocycles. The molecule has 0 saturated carbocycles. The van der Waals surface area contributed by atoms with Gasteiger partial charge in [-0.2, -0.15) is 9.61 Å². The van der Waals surface area contributed by atoms with Gasteiger partial charge in [0.05, 0.1) is 0 Å². The molecule has 0 saturated heterocycles. The predicted octanol–water partition coefficient (Wildman–Crippen LogP) is 1.09. The highest BCUT2D eigenvalue weighted by Gasteiger charge is 2.04. The molecule has 1 unspecified atom stereocenters. The van der Waals surface area contributed by atoms with Crippen LogP contribution in [-0.2, 0) is 0 Å². The van der Waals surface area contributed by atoms with E-state index < -0.39 is 0 Å². The van der Waals surface area contributed by atoms with Gasteiger partial charge in [-0.25, -0.2) is 9.89 Å². The van der Waals surface area contributed by atoms with Gasteiger partial charge in [-0.05, 0) is 24.5 Å². The number of fused-ring (bicyclic) bond motifs is 1. The second-order valence-corrected chi connectivity index (χ2v) is 4.36. The van der Waals surface area contributed by atoms with Gasteiger partial charge in [0.1, 0.15) is 5.82 Å². The summed E-state index contributed by atoms with van der Waals surface area (Å²) in [6.07, 6.45) is 0.947. The summed E-state index contributed by atoms with van der Waals surface area (Å²) >= 11 is 5.66. The molecule has 6 nitrogen and oxygen atoms in total. The van der Waals surface area contributed by atoms with E-state index in [9.17, 15) is 4.79 Å². The summed E-state index contributed by atoms with van der Waals surface area (Å²) in [4.78, 5) is 11.3. The number of hydrogen-bond donors (Lipinski definition) is 2. The Balaban J connectivity index is 2.08. The van der Waals surface area contributed by atoms with Gasteiger partial charge in [0.25, 0.3) is 0 Å². The van der Waals surface area contributed by atoms with E-state index in [2.05, 4.69) is 27.5 Å². The Morgan fingerprint density at radius 3 is 3.18 bits per heavy atom. The molecule has 2 N–H and O–H groups in total. The van der Waals surface area contributed by atoms with Gasteiger partial charge in [0.15, 0.2) is 5.65 Å². The minimum Gasteiger partial charge on any atom is -0.368 e. The Kier molecular flexibility index (Phi) is 3.63. The number of halogens is 1. The minimum atomic E-state index is -0.336. The van der Waals surface area contributed by atoms with Crippen molar-refractivity contribution in [1.82, 2.24) is 19.8 Å². The molecule has 0 amide bonds. The zero-order valence-electron chi connectivity index (χ0n) is 9.48. The molecule has 17 heavy (non-hydrogen) atoms. The van der Waals surface area contributed by atoms with Gasteiger partial charge in [0, 0.05) is 12.4 Å². The van der Waals surface area contributed by atoms with Crippen LogP contribution in [0.25, 0.3) is 5.65 Å². The molecular formula is C10H14ClN5O. The molecule has 0 spiro atoms. The molecule has 1 atom stereocenters. The van der Waals surface area contributed by atoms with E-state index in [1.165, 1.54) is 4.52 Å². The molecule has 7 heteroatoms. The van der Waals surface area contributed by atoms with E-state index in [1.54, 1.807) is 12.1 Å². The molecule has 0 aliphatic carbocycles. The average molecular weight is 256 g/mol.